The fourth-order valence-electron chi connectivity index (χ4n) is 4.08. The van der Waals surface area contributed by atoms with Crippen molar-refractivity contribution >= 4 is 50.9 Å². The number of nitrogens with zero attached hydrogens (tertiary/aromatic N) is 1. The minimum Gasteiger partial charge on any atom is -0.480 e. The summed E-state index contributed by atoms with van der Waals surface area (Å²) in [5.41, 5.74) is 7.84. The van der Waals surface area contributed by atoms with Gasteiger partial charge in [0.25, 0.3) is 5.91 Å². The Hall–Kier alpha value is -4.26. The number of nitrogens with two attached hydrogens (primary N) is 1. The Bertz CT molecular complexity index is 1510. The molecule has 2 atom stereocenters. The molecule has 0 fully saturated rings. The van der Waals surface area contributed by atoms with Gasteiger partial charge in [-0.15, -0.1) is 0 Å². The number of rotatable bonds is 14. The van der Waals surface area contributed by atoms with Crippen LogP contribution in [0.2, 0.25) is 5.02 Å². The summed E-state index contributed by atoms with van der Waals surface area (Å²) < 4.78 is 26.6. The number of anilines is 1. The van der Waals surface area contributed by atoms with E-state index in [1.807, 2.05) is 30.3 Å². The number of halogens is 1. The van der Waals surface area contributed by atoms with Crippen LogP contribution in [0.1, 0.15) is 18.4 Å². The van der Waals surface area contributed by atoms with E-state index >= 15 is 0 Å². The minimum atomic E-state index is -4.05. The molecule has 3 rings (SSSR count). The Morgan fingerprint density at radius 1 is 0.881 bits per heavy atom. The van der Waals surface area contributed by atoms with Crippen LogP contribution in [-0.2, 0) is 34.8 Å². The first-order valence-electron chi connectivity index (χ1n) is 12.8. The molecule has 0 aliphatic rings. The third kappa shape index (κ3) is 9.68. The summed E-state index contributed by atoms with van der Waals surface area (Å²) in [4.78, 5) is 49.7. The van der Waals surface area contributed by atoms with Crippen molar-refractivity contribution in [2.24, 2.45) is 5.73 Å². The van der Waals surface area contributed by atoms with Gasteiger partial charge in [-0.2, -0.15) is 0 Å². The van der Waals surface area contributed by atoms with Crippen LogP contribution in [-0.4, -0.2) is 66.8 Å². The zero-order chi connectivity index (χ0) is 30.9. The number of carboxylic acids is 2. The van der Waals surface area contributed by atoms with Gasteiger partial charge in [0.2, 0.25) is 5.91 Å². The number of aliphatic carboxylic acids is 2. The van der Waals surface area contributed by atoms with Crippen LogP contribution in [0, 0.1) is 0 Å². The van der Waals surface area contributed by atoms with Crippen LogP contribution in [0.25, 0.3) is 11.1 Å². The van der Waals surface area contributed by atoms with E-state index in [9.17, 15) is 32.7 Å². The molecule has 11 nitrogen and oxygen atoms in total. The highest BCUT2D eigenvalue weighted by atomic mass is 35.5. The van der Waals surface area contributed by atoms with Crippen LogP contribution in [0.5, 0.6) is 0 Å². The summed E-state index contributed by atoms with van der Waals surface area (Å²) >= 11 is 5.92. The quantitative estimate of drug-likeness (QED) is 0.212. The highest BCUT2D eigenvalue weighted by Crippen LogP contribution is 2.22. The van der Waals surface area contributed by atoms with E-state index in [-0.39, 0.29) is 12.1 Å². The summed E-state index contributed by atoms with van der Waals surface area (Å²) in [5, 5.41) is 21.1. The predicted molar refractivity (Wildman–Crippen MR) is 158 cm³/mol. The lowest BCUT2D eigenvalue weighted by Crippen LogP contribution is -2.53. The van der Waals surface area contributed by atoms with Gasteiger partial charge in [0.15, 0.2) is 9.84 Å². The van der Waals surface area contributed by atoms with Crippen LogP contribution < -0.4 is 16.0 Å². The second kappa shape index (κ2) is 14.6. The first kappa shape index (κ1) is 32.3. The second-order valence-electron chi connectivity index (χ2n) is 9.52. The van der Waals surface area contributed by atoms with Crippen molar-refractivity contribution in [1.82, 2.24) is 5.32 Å². The molecule has 0 spiro atoms. The predicted octanol–water partition coefficient (Wildman–Crippen LogP) is 2.72. The maximum atomic E-state index is 13.6. The molecule has 0 saturated heterocycles. The molecule has 3 aromatic carbocycles. The lowest BCUT2D eigenvalue weighted by molar-refractivity contribution is -0.139. The van der Waals surface area contributed by atoms with E-state index < -0.39 is 70.1 Å². The van der Waals surface area contributed by atoms with Crippen LogP contribution in [0.15, 0.2) is 78.9 Å². The first-order valence-corrected chi connectivity index (χ1v) is 15.0. The lowest BCUT2D eigenvalue weighted by Gasteiger charge is -2.27. The molecule has 2 amide bonds. The lowest BCUT2D eigenvalue weighted by atomic mass is 10.0. The van der Waals surface area contributed by atoms with Crippen molar-refractivity contribution in [2.75, 3.05) is 17.2 Å². The number of carbonyl (C=O) groups is 4. The topological polar surface area (TPSA) is 184 Å². The molecule has 0 aliphatic heterocycles. The fraction of sp³-hybridized carbons (Fsp3) is 0.241. The largest absolute Gasteiger partial charge is 0.480 e. The summed E-state index contributed by atoms with van der Waals surface area (Å²) in [6, 6.07) is 18.9. The standard InChI is InChI=1S/C29H30ClN3O8S/c30-22-10-12-23(13-11-22)33(16-27(35)36)28(37)25(32-26(34)15-14-24(31)29(38)39)18-42(40,41)17-19-6-8-21(9-7-19)20-4-2-1-3-5-20/h1-13,24-25H,14-18,31H2,(H,32,34)(H,35,36)(H,38,39)/t24-,25-/m0/s1. The molecule has 42 heavy (non-hydrogen) atoms. The summed E-state index contributed by atoms with van der Waals surface area (Å²) in [6.07, 6.45) is -0.670. The Morgan fingerprint density at radius 3 is 2.05 bits per heavy atom. The van der Waals surface area contributed by atoms with Crippen molar-refractivity contribution in [3.63, 3.8) is 0 Å². The van der Waals surface area contributed by atoms with Gasteiger partial charge in [-0.05, 0) is 47.4 Å². The molecule has 0 radical (unpaired) electrons. The number of carbonyl (C=O) groups excluding carboxylic acids is 2. The molecule has 0 bridgehead atoms. The van der Waals surface area contributed by atoms with E-state index in [0.717, 1.165) is 16.0 Å². The molecule has 0 aliphatic carbocycles. The van der Waals surface area contributed by atoms with Crippen molar-refractivity contribution in [1.29, 1.82) is 0 Å². The summed E-state index contributed by atoms with van der Waals surface area (Å²) in [7, 11) is -4.05. The third-order valence-electron chi connectivity index (χ3n) is 6.20. The van der Waals surface area contributed by atoms with Crippen molar-refractivity contribution < 1.29 is 37.8 Å². The van der Waals surface area contributed by atoms with Crippen molar-refractivity contribution in [3.8, 4) is 11.1 Å². The molecule has 0 unspecified atom stereocenters. The Kier molecular flexibility index (Phi) is 11.2. The van der Waals surface area contributed by atoms with Gasteiger partial charge in [-0.25, -0.2) is 8.42 Å². The van der Waals surface area contributed by atoms with Gasteiger partial charge in [0.1, 0.15) is 18.6 Å². The van der Waals surface area contributed by atoms with Crippen molar-refractivity contribution in [3.05, 3.63) is 89.4 Å². The number of carboxylic acid groups (broad SMARTS) is 2. The molecule has 222 valence electrons. The van der Waals surface area contributed by atoms with E-state index in [1.54, 1.807) is 24.3 Å². The van der Waals surface area contributed by atoms with Crippen LogP contribution in [0.3, 0.4) is 0 Å². The molecule has 0 aromatic heterocycles. The van der Waals surface area contributed by atoms with Crippen LogP contribution in [0.4, 0.5) is 5.69 Å². The third-order valence-corrected chi connectivity index (χ3v) is 8.07. The first-order chi connectivity index (χ1) is 19.8. The monoisotopic (exact) mass is 615 g/mol. The summed E-state index contributed by atoms with van der Waals surface area (Å²) in [6.45, 7) is -0.822. The summed E-state index contributed by atoms with van der Waals surface area (Å²) in [5.74, 6) is -5.81. The molecular formula is C29H30ClN3O8S. The normalized spacial score (nSPS) is 12.6. The van der Waals surface area contributed by atoms with E-state index in [1.165, 1.54) is 24.3 Å². The number of sulfone groups is 1. The number of amides is 2. The maximum Gasteiger partial charge on any atom is 0.323 e. The number of hydrogen-bond donors (Lipinski definition) is 4. The van der Waals surface area contributed by atoms with Crippen LogP contribution >= 0.6 is 11.6 Å². The second-order valence-corrected chi connectivity index (χ2v) is 12.1. The smallest absolute Gasteiger partial charge is 0.323 e. The maximum absolute atomic E-state index is 13.6. The van der Waals surface area contributed by atoms with Gasteiger partial charge < -0.3 is 21.3 Å². The van der Waals surface area contributed by atoms with E-state index in [0.29, 0.717) is 10.6 Å². The average molecular weight is 616 g/mol. The molecule has 5 N–H and O–H groups in total. The van der Waals surface area contributed by atoms with E-state index in [2.05, 4.69) is 5.32 Å². The molecule has 3 aromatic rings. The highest BCUT2D eigenvalue weighted by Gasteiger charge is 2.33. The number of nitrogens with one attached hydrogen (secondary N) is 1. The number of benzene rings is 3. The Labute approximate surface area is 247 Å². The zero-order valence-electron chi connectivity index (χ0n) is 22.4. The molecule has 0 heterocycles. The SMILES string of the molecule is N[C@@H](CCC(=O)N[C@@H](CS(=O)(=O)Cc1ccc(-c2ccccc2)cc1)C(=O)N(CC(=O)O)c1ccc(Cl)cc1)C(=O)O. The number of hydrogen-bond acceptors (Lipinski definition) is 7. The highest BCUT2D eigenvalue weighted by molar-refractivity contribution is 7.90. The Morgan fingerprint density at radius 2 is 1.48 bits per heavy atom. The molecule has 13 heteroatoms. The van der Waals surface area contributed by atoms with Gasteiger partial charge >= 0.3 is 11.9 Å². The van der Waals surface area contributed by atoms with E-state index in [4.69, 9.17) is 22.4 Å². The van der Waals surface area contributed by atoms with Gasteiger partial charge in [0.05, 0.1) is 11.5 Å². The average Bonchev–Trinajstić information content (AvgIpc) is 2.95. The minimum absolute atomic E-state index is 0.118. The molecular weight excluding hydrogens is 586 g/mol. The van der Waals surface area contributed by atoms with Gasteiger partial charge in [0, 0.05) is 17.1 Å². The Balaban J connectivity index is 1.85. The fourth-order valence-corrected chi connectivity index (χ4v) is 5.76. The van der Waals surface area contributed by atoms with Gasteiger partial charge in [-0.1, -0.05) is 66.2 Å². The van der Waals surface area contributed by atoms with Crippen molar-refractivity contribution in [2.45, 2.75) is 30.7 Å². The zero-order valence-corrected chi connectivity index (χ0v) is 23.9. The van der Waals surface area contributed by atoms with Gasteiger partial charge in [-0.3, -0.25) is 24.1 Å². The molecule has 0 saturated carbocycles.